The van der Waals surface area contributed by atoms with E-state index in [9.17, 15) is 18.0 Å². The van der Waals surface area contributed by atoms with Crippen molar-refractivity contribution in [2.75, 3.05) is 23.7 Å². The van der Waals surface area contributed by atoms with Crippen LogP contribution in [-0.2, 0) is 32.6 Å². The highest BCUT2D eigenvalue weighted by Gasteiger charge is 2.30. The summed E-state index contributed by atoms with van der Waals surface area (Å²) in [5, 5.41) is 2.98. The highest BCUT2D eigenvalue weighted by molar-refractivity contribution is 9.10. The summed E-state index contributed by atoms with van der Waals surface area (Å²) in [6, 6.07) is 23.9. The van der Waals surface area contributed by atoms with Gasteiger partial charge in [-0.05, 0) is 55.2 Å². The van der Waals surface area contributed by atoms with Gasteiger partial charge in [-0.25, -0.2) is 8.42 Å². The van der Waals surface area contributed by atoms with E-state index in [4.69, 9.17) is 0 Å². The Kier molecular flexibility index (Phi) is 11.8. The lowest BCUT2D eigenvalue weighted by atomic mass is 10.0. The number of nitrogens with one attached hydrogen (secondary N) is 1. The Morgan fingerprint density at radius 2 is 1.57 bits per heavy atom. The zero-order valence-electron chi connectivity index (χ0n) is 23.3. The first-order valence-electron chi connectivity index (χ1n) is 13.5. The van der Waals surface area contributed by atoms with Crippen LogP contribution in [0.25, 0.3) is 0 Å². The van der Waals surface area contributed by atoms with Crippen molar-refractivity contribution in [2.45, 2.75) is 52.1 Å². The number of rotatable bonds is 14. The van der Waals surface area contributed by atoms with E-state index < -0.39 is 16.1 Å². The quantitative estimate of drug-likeness (QED) is 0.257. The molecule has 0 radical (unpaired) electrons. The first-order valence-corrected chi connectivity index (χ1v) is 16.1. The van der Waals surface area contributed by atoms with E-state index in [1.807, 2.05) is 80.6 Å². The van der Waals surface area contributed by atoms with Crippen molar-refractivity contribution >= 4 is 43.5 Å². The minimum absolute atomic E-state index is 0.0980. The van der Waals surface area contributed by atoms with Crippen molar-refractivity contribution in [2.24, 2.45) is 0 Å². The monoisotopic (exact) mass is 627 g/mol. The fourth-order valence-corrected chi connectivity index (χ4v) is 5.65. The fourth-order valence-electron chi connectivity index (χ4n) is 4.42. The summed E-state index contributed by atoms with van der Waals surface area (Å²) in [5.74, 6) is -0.401. The highest BCUT2D eigenvalue weighted by atomic mass is 79.9. The molecule has 0 saturated carbocycles. The Labute approximate surface area is 246 Å². The van der Waals surface area contributed by atoms with Gasteiger partial charge in [0.15, 0.2) is 0 Å². The molecule has 0 unspecified atom stereocenters. The summed E-state index contributed by atoms with van der Waals surface area (Å²) in [5.41, 5.74) is 3.45. The maximum atomic E-state index is 13.8. The average molecular weight is 629 g/mol. The largest absolute Gasteiger partial charge is 0.354 e. The second-order valence-corrected chi connectivity index (χ2v) is 12.7. The van der Waals surface area contributed by atoms with Gasteiger partial charge in [-0.15, -0.1) is 0 Å². The smallest absolute Gasteiger partial charge is 0.243 e. The number of sulfonamides is 1. The molecule has 0 aliphatic heterocycles. The van der Waals surface area contributed by atoms with Crippen molar-refractivity contribution < 1.29 is 18.0 Å². The van der Waals surface area contributed by atoms with Crippen LogP contribution in [-0.4, -0.2) is 50.5 Å². The molecule has 0 fully saturated rings. The van der Waals surface area contributed by atoms with Gasteiger partial charge >= 0.3 is 0 Å². The number of halogens is 1. The number of amides is 2. The summed E-state index contributed by atoms with van der Waals surface area (Å²) >= 11 is 3.45. The molecule has 2 amide bonds. The number of anilines is 1. The van der Waals surface area contributed by atoms with Crippen molar-refractivity contribution in [3.63, 3.8) is 0 Å². The number of hydrogen-bond acceptors (Lipinski definition) is 4. The molecule has 0 aliphatic carbocycles. The maximum Gasteiger partial charge on any atom is 0.243 e. The van der Waals surface area contributed by atoms with Gasteiger partial charge in [-0.1, -0.05) is 83.0 Å². The van der Waals surface area contributed by atoms with Crippen LogP contribution in [0.15, 0.2) is 83.3 Å². The van der Waals surface area contributed by atoms with Crippen LogP contribution in [0.4, 0.5) is 5.69 Å². The van der Waals surface area contributed by atoms with Crippen LogP contribution >= 0.6 is 15.9 Å². The summed E-state index contributed by atoms with van der Waals surface area (Å²) in [6.45, 7) is 4.86. The van der Waals surface area contributed by atoms with Crippen LogP contribution < -0.4 is 9.62 Å². The molecule has 214 valence electrons. The molecule has 3 aromatic rings. The normalized spacial score (nSPS) is 12.0. The molecule has 0 aromatic heterocycles. The van der Waals surface area contributed by atoms with E-state index in [0.29, 0.717) is 25.1 Å². The lowest BCUT2D eigenvalue weighted by molar-refractivity contribution is -0.141. The standard InChI is InChI=1S/C31H38BrN3O4S/c1-4-20-33-31(37)29(22-25-9-6-5-7-10-25)34(23-26-14-16-27(32)17-15-26)30(36)11-8-21-35(40(3,38)39)28-18-12-24(2)13-19-28/h5-7,9-10,12-19,29H,4,8,11,20-23H2,1-3H3,(H,33,37)/t29-/m1/s1. The molecular weight excluding hydrogens is 590 g/mol. The molecule has 0 spiro atoms. The molecule has 3 aromatic carbocycles. The first kappa shape index (κ1) is 31.4. The second-order valence-electron chi connectivity index (χ2n) is 9.92. The predicted octanol–water partition coefficient (Wildman–Crippen LogP) is 5.47. The topological polar surface area (TPSA) is 86.8 Å². The van der Waals surface area contributed by atoms with E-state index in [0.717, 1.165) is 27.6 Å². The van der Waals surface area contributed by atoms with E-state index >= 15 is 0 Å². The van der Waals surface area contributed by atoms with E-state index in [-0.39, 0.29) is 31.3 Å². The Bertz CT molecular complexity index is 1350. The molecule has 0 saturated heterocycles. The Morgan fingerprint density at radius 1 is 0.925 bits per heavy atom. The molecule has 0 heterocycles. The number of carbonyl (C=O) groups excluding carboxylic acids is 2. The summed E-state index contributed by atoms with van der Waals surface area (Å²) in [4.78, 5) is 28.9. The fraction of sp³-hybridized carbons (Fsp3) is 0.355. The van der Waals surface area contributed by atoms with E-state index in [1.165, 1.54) is 10.6 Å². The predicted molar refractivity (Wildman–Crippen MR) is 165 cm³/mol. The molecule has 40 heavy (non-hydrogen) atoms. The van der Waals surface area contributed by atoms with Gasteiger partial charge in [0.25, 0.3) is 0 Å². The SMILES string of the molecule is CCCNC(=O)[C@@H](Cc1ccccc1)N(Cc1ccc(Br)cc1)C(=O)CCCN(c1ccc(C)cc1)S(C)(=O)=O. The van der Waals surface area contributed by atoms with Crippen LogP contribution in [0, 0.1) is 6.92 Å². The minimum atomic E-state index is -3.54. The molecule has 1 atom stereocenters. The number of nitrogens with zero attached hydrogens (tertiary/aromatic N) is 2. The first-order chi connectivity index (χ1) is 19.1. The summed E-state index contributed by atoms with van der Waals surface area (Å²) < 4.78 is 27.4. The van der Waals surface area contributed by atoms with Gasteiger partial charge in [0.1, 0.15) is 6.04 Å². The van der Waals surface area contributed by atoms with Crippen molar-refractivity contribution in [1.29, 1.82) is 0 Å². The van der Waals surface area contributed by atoms with Gasteiger partial charge in [-0.2, -0.15) is 0 Å². The second kappa shape index (κ2) is 15.0. The number of benzene rings is 3. The Balaban J connectivity index is 1.85. The van der Waals surface area contributed by atoms with Gasteiger partial charge < -0.3 is 10.2 Å². The van der Waals surface area contributed by atoms with E-state index in [1.54, 1.807) is 17.0 Å². The van der Waals surface area contributed by atoms with E-state index in [2.05, 4.69) is 21.2 Å². The van der Waals surface area contributed by atoms with Crippen LogP contribution in [0.2, 0.25) is 0 Å². The van der Waals surface area contributed by atoms with Crippen LogP contribution in [0.1, 0.15) is 42.9 Å². The molecule has 0 bridgehead atoms. The number of carbonyl (C=O) groups is 2. The summed E-state index contributed by atoms with van der Waals surface area (Å²) in [7, 11) is -3.54. The van der Waals surface area contributed by atoms with Crippen LogP contribution in [0.3, 0.4) is 0 Å². The molecule has 1 N–H and O–H groups in total. The number of aryl methyl sites for hydroxylation is 1. The van der Waals surface area contributed by atoms with Crippen molar-refractivity contribution in [3.8, 4) is 0 Å². The zero-order chi connectivity index (χ0) is 29.1. The third kappa shape index (κ3) is 9.48. The van der Waals surface area contributed by atoms with Gasteiger partial charge in [0.2, 0.25) is 21.8 Å². The van der Waals surface area contributed by atoms with Crippen LogP contribution in [0.5, 0.6) is 0 Å². The van der Waals surface area contributed by atoms with Gasteiger partial charge in [0.05, 0.1) is 11.9 Å². The number of hydrogen-bond donors (Lipinski definition) is 1. The zero-order valence-corrected chi connectivity index (χ0v) is 25.7. The van der Waals surface area contributed by atoms with Gasteiger partial charge in [0, 0.05) is 36.9 Å². The Morgan fingerprint density at radius 3 is 2.17 bits per heavy atom. The van der Waals surface area contributed by atoms with Gasteiger partial charge in [-0.3, -0.25) is 13.9 Å². The van der Waals surface area contributed by atoms with Crippen molar-refractivity contribution in [1.82, 2.24) is 10.2 Å². The lowest BCUT2D eigenvalue weighted by Crippen LogP contribution is -2.50. The third-order valence-corrected chi connectivity index (χ3v) is 8.28. The Hall–Kier alpha value is -3.17. The molecule has 7 nitrogen and oxygen atoms in total. The molecule has 9 heteroatoms. The maximum absolute atomic E-state index is 13.8. The molecule has 3 rings (SSSR count). The highest BCUT2D eigenvalue weighted by Crippen LogP contribution is 2.21. The molecular formula is C31H38BrN3O4S. The third-order valence-electron chi connectivity index (χ3n) is 6.56. The lowest BCUT2D eigenvalue weighted by Gasteiger charge is -2.32. The van der Waals surface area contributed by atoms with Crippen molar-refractivity contribution in [3.05, 3.63) is 100 Å². The minimum Gasteiger partial charge on any atom is -0.354 e. The molecule has 0 aliphatic rings. The average Bonchev–Trinajstić information content (AvgIpc) is 2.93. The summed E-state index contributed by atoms with van der Waals surface area (Å²) in [6.07, 6.45) is 2.73.